The Kier molecular flexibility index (Phi) is 5.90. The van der Waals surface area contributed by atoms with Gasteiger partial charge in [-0.25, -0.2) is 8.42 Å². The minimum atomic E-state index is -3.48. The number of carbonyl (C=O) groups is 1. The second-order valence-electron chi connectivity index (χ2n) is 6.12. The third kappa shape index (κ3) is 4.83. The van der Waals surface area contributed by atoms with Crippen LogP contribution in [0, 0.1) is 0 Å². The summed E-state index contributed by atoms with van der Waals surface area (Å²) in [4.78, 5) is 14.0. The van der Waals surface area contributed by atoms with Gasteiger partial charge >= 0.3 is 0 Å². The molecule has 2 aromatic rings. The molecule has 0 N–H and O–H groups in total. The smallest absolute Gasteiger partial charge is 0.236 e. The molecule has 6 nitrogen and oxygen atoms in total. The Balaban J connectivity index is 1.50. The van der Waals surface area contributed by atoms with Gasteiger partial charge in [0.05, 0.1) is 6.26 Å². The second-order valence-corrected chi connectivity index (χ2v) is 7.94. The summed E-state index contributed by atoms with van der Waals surface area (Å²) >= 11 is 0. The van der Waals surface area contributed by atoms with Gasteiger partial charge in [0, 0.05) is 44.4 Å². The van der Waals surface area contributed by atoms with Gasteiger partial charge in [-0.2, -0.15) is 4.31 Å². The summed E-state index contributed by atoms with van der Waals surface area (Å²) in [5.74, 6) is 0.809. The first kappa shape index (κ1) is 18.4. The van der Waals surface area contributed by atoms with E-state index in [0.717, 1.165) is 11.3 Å². The molecular weight excluding hydrogens is 352 g/mol. The molecule has 0 atom stereocenters. The normalized spacial score (nSPS) is 16.2. The molecule has 138 valence electrons. The van der Waals surface area contributed by atoms with Crippen molar-refractivity contribution in [3.8, 4) is 0 Å². The van der Waals surface area contributed by atoms with Crippen LogP contribution in [0.5, 0.6) is 0 Å². The summed E-state index contributed by atoms with van der Waals surface area (Å²) in [6, 6.07) is 12.9. The van der Waals surface area contributed by atoms with E-state index >= 15 is 0 Å². The van der Waals surface area contributed by atoms with Crippen molar-refractivity contribution in [2.45, 2.75) is 12.8 Å². The average Bonchev–Trinajstić information content (AvgIpc) is 3.19. The quantitative estimate of drug-likeness (QED) is 0.778. The Hall–Kier alpha value is -2.38. The first-order valence-electron chi connectivity index (χ1n) is 8.58. The van der Waals surface area contributed by atoms with E-state index < -0.39 is 10.0 Å². The number of hydrogen-bond donors (Lipinski definition) is 0. The number of amides is 1. The Morgan fingerprint density at radius 3 is 2.42 bits per heavy atom. The maximum atomic E-state index is 12.4. The Morgan fingerprint density at radius 1 is 1.04 bits per heavy atom. The molecule has 2 heterocycles. The first-order valence-corrected chi connectivity index (χ1v) is 10.1. The topological polar surface area (TPSA) is 70.8 Å². The molecule has 0 spiro atoms. The van der Waals surface area contributed by atoms with Gasteiger partial charge in [0.2, 0.25) is 15.9 Å². The van der Waals surface area contributed by atoms with E-state index in [9.17, 15) is 13.2 Å². The molecule has 0 aliphatic carbocycles. The molecule has 7 heteroatoms. The number of carbonyl (C=O) groups excluding carboxylic acids is 1. The molecule has 3 rings (SSSR count). The van der Waals surface area contributed by atoms with Crippen molar-refractivity contribution in [3.63, 3.8) is 0 Å². The Morgan fingerprint density at radius 2 is 1.77 bits per heavy atom. The molecule has 1 fully saturated rings. The van der Waals surface area contributed by atoms with Crippen molar-refractivity contribution < 1.29 is 17.6 Å². The fourth-order valence-corrected chi connectivity index (χ4v) is 4.02. The summed E-state index contributed by atoms with van der Waals surface area (Å²) < 4.78 is 31.5. The van der Waals surface area contributed by atoms with Crippen molar-refractivity contribution in [1.82, 2.24) is 9.21 Å². The Labute approximate surface area is 153 Å². The van der Waals surface area contributed by atoms with E-state index in [-0.39, 0.29) is 5.91 Å². The highest BCUT2D eigenvalue weighted by atomic mass is 32.2. The molecule has 1 aliphatic rings. The molecule has 26 heavy (non-hydrogen) atoms. The highest BCUT2D eigenvalue weighted by Gasteiger charge is 2.27. The lowest BCUT2D eigenvalue weighted by atomic mass is 10.2. The predicted octanol–water partition coefficient (Wildman–Crippen LogP) is 2.36. The van der Waals surface area contributed by atoms with Crippen LogP contribution in [0.3, 0.4) is 0 Å². The number of furan rings is 1. The van der Waals surface area contributed by atoms with Gasteiger partial charge in [-0.3, -0.25) is 4.79 Å². The number of piperazine rings is 1. The maximum Gasteiger partial charge on any atom is 0.236 e. The minimum Gasteiger partial charge on any atom is -0.469 e. The van der Waals surface area contributed by atoms with Crippen LogP contribution in [0.2, 0.25) is 0 Å². The predicted molar refractivity (Wildman–Crippen MR) is 99.6 cm³/mol. The highest BCUT2D eigenvalue weighted by molar-refractivity contribution is 7.92. The van der Waals surface area contributed by atoms with E-state index in [2.05, 4.69) is 0 Å². The van der Waals surface area contributed by atoms with Crippen LogP contribution in [-0.4, -0.2) is 49.7 Å². The highest BCUT2D eigenvalue weighted by Crippen LogP contribution is 2.13. The van der Waals surface area contributed by atoms with Gasteiger partial charge in [-0.15, -0.1) is 0 Å². The first-order chi connectivity index (χ1) is 12.5. The van der Waals surface area contributed by atoms with Gasteiger partial charge in [-0.05, 0) is 23.8 Å². The summed E-state index contributed by atoms with van der Waals surface area (Å²) in [6.07, 6.45) is 4.11. The van der Waals surface area contributed by atoms with Crippen molar-refractivity contribution in [3.05, 3.63) is 65.5 Å². The maximum absolute atomic E-state index is 12.4. The number of benzene rings is 1. The minimum absolute atomic E-state index is 0.0262. The lowest BCUT2D eigenvalue weighted by Crippen LogP contribution is -2.50. The molecule has 1 saturated heterocycles. The second kappa shape index (κ2) is 8.33. The fourth-order valence-electron chi connectivity index (χ4n) is 2.85. The van der Waals surface area contributed by atoms with Gasteiger partial charge in [0.25, 0.3) is 0 Å². The van der Waals surface area contributed by atoms with Crippen LogP contribution in [0.1, 0.15) is 17.7 Å². The standard InChI is InChI=1S/C19H22N2O4S/c22-19(9-8-18-7-4-15-25-18)20-11-13-21(14-12-20)26(23,24)16-10-17-5-2-1-3-6-17/h1-7,10,15-16H,8-9,11-14H2/b16-10+. The number of rotatable bonds is 6. The Bertz CT molecular complexity index is 837. The van der Waals surface area contributed by atoms with Crippen LogP contribution < -0.4 is 0 Å². The lowest BCUT2D eigenvalue weighted by molar-refractivity contribution is -0.132. The monoisotopic (exact) mass is 374 g/mol. The van der Waals surface area contributed by atoms with Crippen LogP contribution in [0.15, 0.2) is 58.6 Å². The SMILES string of the molecule is O=C(CCc1ccco1)N1CCN(S(=O)(=O)/C=C/c2ccccc2)CC1. The van der Waals surface area contributed by atoms with Gasteiger partial charge in [-0.1, -0.05) is 30.3 Å². The summed E-state index contributed by atoms with van der Waals surface area (Å²) in [5, 5.41) is 1.23. The van der Waals surface area contributed by atoms with Crippen LogP contribution in [-0.2, 0) is 21.2 Å². The molecule has 1 aromatic heterocycles. The van der Waals surface area contributed by atoms with Crippen LogP contribution in [0.25, 0.3) is 6.08 Å². The van der Waals surface area contributed by atoms with Gasteiger partial charge < -0.3 is 9.32 Å². The number of sulfonamides is 1. The molecule has 1 aromatic carbocycles. The van der Waals surface area contributed by atoms with E-state index in [4.69, 9.17) is 4.42 Å². The largest absolute Gasteiger partial charge is 0.469 e. The molecular formula is C19H22N2O4S. The van der Waals surface area contributed by atoms with E-state index in [0.29, 0.717) is 39.0 Å². The van der Waals surface area contributed by atoms with E-state index in [1.807, 2.05) is 36.4 Å². The molecule has 0 saturated carbocycles. The number of nitrogens with zero attached hydrogens (tertiary/aromatic N) is 2. The van der Waals surface area contributed by atoms with Gasteiger partial charge in [0.1, 0.15) is 5.76 Å². The van der Waals surface area contributed by atoms with Crippen molar-refractivity contribution in [2.75, 3.05) is 26.2 Å². The summed E-state index contributed by atoms with van der Waals surface area (Å²) in [7, 11) is -3.48. The lowest BCUT2D eigenvalue weighted by Gasteiger charge is -2.33. The zero-order chi connectivity index (χ0) is 18.4. The van der Waals surface area contributed by atoms with Crippen molar-refractivity contribution in [2.24, 2.45) is 0 Å². The molecule has 0 bridgehead atoms. The zero-order valence-electron chi connectivity index (χ0n) is 14.5. The fraction of sp³-hybridized carbons (Fsp3) is 0.316. The summed E-state index contributed by atoms with van der Waals surface area (Å²) in [5.41, 5.74) is 0.836. The average molecular weight is 374 g/mol. The van der Waals surface area contributed by atoms with Crippen molar-refractivity contribution in [1.29, 1.82) is 0 Å². The van der Waals surface area contributed by atoms with E-state index in [1.54, 1.807) is 23.3 Å². The van der Waals surface area contributed by atoms with Crippen LogP contribution in [0.4, 0.5) is 0 Å². The molecule has 0 radical (unpaired) electrons. The third-order valence-corrected chi connectivity index (χ3v) is 5.91. The number of aryl methyl sites for hydroxylation is 1. The van der Waals surface area contributed by atoms with Crippen LogP contribution >= 0.6 is 0 Å². The molecule has 1 aliphatic heterocycles. The zero-order valence-corrected chi connectivity index (χ0v) is 15.3. The summed E-state index contributed by atoms with van der Waals surface area (Å²) in [6.45, 7) is 1.45. The van der Waals surface area contributed by atoms with Gasteiger partial charge in [0.15, 0.2) is 0 Å². The molecule has 0 unspecified atom stereocenters. The van der Waals surface area contributed by atoms with Crippen molar-refractivity contribution >= 4 is 22.0 Å². The number of hydrogen-bond acceptors (Lipinski definition) is 4. The van der Waals surface area contributed by atoms with E-state index in [1.165, 1.54) is 9.71 Å². The molecule has 1 amide bonds. The third-order valence-electron chi connectivity index (χ3n) is 4.35.